The number of nitrogen functional groups attached to an aromatic ring is 1. The Kier molecular flexibility index (Phi) is 3.24. The van der Waals surface area contributed by atoms with E-state index in [1.54, 1.807) is 24.3 Å². The predicted octanol–water partition coefficient (Wildman–Crippen LogP) is 3.40. The maximum absolute atomic E-state index is 13.5. The zero-order valence-electron chi connectivity index (χ0n) is 8.78. The van der Waals surface area contributed by atoms with Crippen LogP contribution in [0, 0.1) is 5.82 Å². The van der Waals surface area contributed by atoms with Crippen LogP contribution in [0.15, 0.2) is 46.9 Å². The summed E-state index contributed by atoms with van der Waals surface area (Å²) in [5.41, 5.74) is 6.50. The molecule has 2 aromatic carbocycles. The van der Waals surface area contributed by atoms with E-state index in [0.29, 0.717) is 15.7 Å². The zero-order valence-corrected chi connectivity index (χ0v) is 10.4. The van der Waals surface area contributed by atoms with E-state index >= 15 is 0 Å². The van der Waals surface area contributed by atoms with Crippen LogP contribution in [0.5, 0.6) is 0 Å². The molecule has 2 aromatic rings. The number of carbonyl (C=O) groups excluding carboxylic acids is 1. The third kappa shape index (κ3) is 2.53. The van der Waals surface area contributed by atoms with Crippen LogP contribution in [0.4, 0.5) is 10.1 Å². The van der Waals surface area contributed by atoms with Gasteiger partial charge in [-0.15, -0.1) is 0 Å². The largest absolute Gasteiger partial charge is 0.399 e. The van der Waals surface area contributed by atoms with Gasteiger partial charge in [-0.3, -0.25) is 4.79 Å². The maximum Gasteiger partial charge on any atom is 0.196 e. The van der Waals surface area contributed by atoms with Crippen LogP contribution in [0.2, 0.25) is 0 Å². The fourth-order valence-electron chi connectivity index (χ4n) is 1.54. The number of hydrogen-bond donors (Lipinski definition) is 1. The lowest BCUT2D eigenvalue weighted by Gasteiger charge is -2.04. The van der Waals surface area contributed by atoms with Gasteiger partial charge in [0.1, 0.15) is 5.82 Å². The van der Waals surface area contributed by atoms with Crippen molar-refractivity contribution in [3.63, 3.8) is 0 Å². The molecule has 2 rings (SSSR count). The highest BCUT2D eigenvalue weighted by molar-refractivity contribution is 9.10. The standard InChI is InChI=1S/C13H9BrFNO/c14-9-5-8(6-10(16)7-9)13(17)11-3-1-2-4-12(11)15/h1-7H,16H2. The quantitative estimate of drug-likeness (QED) is 0.681. The molecule has 0 aliphatic heterocycles. The van der Waals surface area contributed by atoms with Crippen LogP contribution >= 0.6 is 15.9 Å². The molecule has 0 saturated heterocycles. The lowest BCUT2D eigenvalue weighted by molar-refractivity contribution is 0.103. The van der Waals surface area contributed by atoms with Crippen molar-refractivity contribution >= 4 is 27.4 Å². The van der Waals surface area contributed by atoms with E-state index in [1.807, 2.05) is 0 Å². The molecule has 17 heavy (non-hydrogen) atoms. The lowest BCUT2D eigenvalue weighted by atomic mass is 10.0. The summed E-state index contributed by atoms with van der Waals surface area (Å²) >= 11 is 3.25. The predicted molar refractivity (Wildman–Crippen MR) is 68.4 cm³/mol. The van der Waals surface area contributed by atoms with Gasteiger partial charge >= 0.3 is 0 Å². The molecule has 0 saturated carbocycles. The van der Waals surface area contributed by atoms with Gasteiger partial charge in [-0.25, -0.2) is 4.39 Å². The molecule has 0 amide bonds. The number of nitrogens with two attached hydrogens (primary N) is 1. The highest BCUT2D eigenvalue weighted by atomic mass is 79.9. The van der Waals surface area contributed by atoms with Crippen molar-refractivity contribution < 1.29 is 9.18 Å². The highest BCUT2D eigenvalue weighted by Gasteiger charge is 2.14. The first-order valence-electron chi connectivity index (χ1n) is 4.93. The Balaban J connectivity index is 2.48. The van der Waals surface area contributed by atoms with Crippen molar-refractivity contribution in [1.29, 1.82) is 0 Å². The Morgan fingerprint density at radius 3 is 2.53 bits per heavy atom. The molecular weight excluding hydrogens is 285 g/mol. The van der Waals surface area contributed by atoms with Crippen molar-refractivity contribution in [3.05, 3.63) is 63.9 Å². The van der Waals surface area contributed by atoms with E-state index in [1.165, 1.54) is 18.2 Å². The van der Waals surface area contributed by atoms with E-state index in [0.717, 1.165) is 0 Å². The molecule has 0 bridgehead atoms. The first kappa shape index (κ1) is 11.8. The minimum absolute atomic E-state index is 0.0463. The minimum Gasteiger partial charge on any atom is -0.399 e. The third-order valence-corrected chi connectivity index (χ3v) is 2.76. The fraction of sp³-hybridized carbons (Fsp3) is 0. The molecule has 0 atom stereocenters. The number of hydrogen-bond acceptors (Lipinski definition) is 2. The lowest BCUT2D eigenvalue weighted by Crippen LogP contribution is -2.04. The second-order valence-corrected chi connectivity index (χ2v) is 4.50. The number of rotatable bonds is 2. The van der Waals surface area contributed by atoms with Crippen LogP contribution in [-0.4, -0.2) is 5.78 Å². The Morgan fingerprint density at radius 1 is 1.18 bits per heavy atom. The summed E-state index contributed by atoms with van der Waals surface area (Å²) < 4.78 is 14.2. The zero-order chi connectivity index (χ0) is 12.4. The van der Waals surface area contributed by atoms with Crippen LogP contribution in [-0.2, 0) is 0 Å². The normalized spacial score (nSPS) is 10.2. The van der Waals surface area contributed by atoms with Gasteiger partial charge < -0.3 is 5.73 Å². The summed E-state index contributed by atoms with van der Waals surface area (Å²) in [5, 5.41) is 0. The van der Waals surface area contributed by atoms with Crippen LogP contribution in [0.3, 0.4) is 0 Å². The number of ketones is 1. The van der Waals surface area contributed by atoms with Gasteiger partial charge in [0.05, 0.1) is 5.56 Å². The Morgan fingerprint density at radius 2 is 1.88 bits per heavy atom. The average Bonchev–Trinajstić information content (AvgIpc) is 2.27. The topological polar surface area (TPSA) is 43.1 Å². The second-order valence-electron chi connectivity index (χ2n) is 3.58. The van der Waals surface area contributed by atoms with Crippen molar-refractivity contribution in [2.75, 3.05) is 5.73 Å². The van der Waals surface area contributed by atoms with Gasteiger partial charge in [0.25, 0.3) is 0 Å². The molecule has 0 aliphatic rings. The molecule has 0 aliphatic carbocycles. The third-order valence-electron chi connectivity index (χ3n) is 2.30. The maximum atomic E-state index is 13.5. The van der Waals surface area contributed by atoms with Crippen molar-refractivity contribution in [2.45, 2.75) is 0 Å². The smallest absolute Gasteiger partial charge is 0.196 e. The summed E-state index contributed by atoms with van der Waals surface area (Å²) in [5.74, 6) is -0.910. The first-order valence-corrected chi connectivity index (χ1v) is 5.72. The van der Waals surface area contributed by atoms with E-state index in [9.17, 15) is 9.18 Å². The summed E-state index contributed by atoms with van der Waals surface area (Å²) in [6.07, 6.45) is 0. The van der Waals surface area contributed by atoms with E-state index in [-0.39, 0.29) is 11.3 Å². The summed E-state index contributed by atoms with van der Waals surface area (Å²) in [4.78, 5) is 12.1. The number of halogens is 2. The molecule has 86 valence electrons. The molecule has 2 nitrogen and oxygen atoms in total. The Hall–Kier alpha value is -1.68. The van der Waals surface area contributed by atoms with Gasteiger partial charge in [-0.1, -0.05) is 28.1 Å². The molecule has 4 heteroatoms. The van der Waals surface area contributed by atoms with Gasteiger partial charge in [-0.2, -0.15) is 0 Å². The van der Waals surface area contributed by atoms with Gasteiger partial charge in [0.2, 0.25) is 0 Å². The Labute approximate surface area is 106 Å². The van der Waals surface area contributed by atoms with E-state index in [2.05, 4.69) is 15.9 Å². The fourth-order valence-corrected chi connectivity index (χ4v) is 2.06. The van der Waals surface area contributed by atoms with E-state index in [4.69, 9.17) is 5.73 Å². The second kappa shape index (κ2) is 4.67. The first-order chi connectivity index (χ1) is 8.08. The minimum atomic E-state index is -0.531. The van der Waals surface area contributed by atoms with Gasteiger partial charge in [-0.05, 0) is 30.3 Å². The SMILES string of the molecule is Nc1cc(Br)cc(C(=O)c2ccccc2F)c1. The summed E-state index contributed by atoms with van der Waals surface area (Å²) in [7, 11) is 0. The summed E-state index contributed by atoms with van der Waals surface area (Å²) in [6.45, 7) is 0. The van der Waals surface area contributed by atoms with Crippen molar-refractivity contribution in [1.82, 2.24) is 0 Å². The molecule has 2 N–H and O–H groups in total. The number of anilines is 1. The molecule has 0 aromatic heterocycles. The molecule has 0 fully saturated rings. The Bertz CT molecular complexity index is 563. The summed E-state index contributed by atoms with van der Waals surface area (Å²) in [6, 6.07) is 10.7. The van der Waals surface area contributed by atoms with Crippen molar-refractivity contribution in [3.8, 4) is 0 Å². The van der Waals surface area contributed by atoms with Crippen LogP contribution < -0.4 is 5.73 Å². The average molecular weight is 294 g/mol. The van der Waals surface area contributed by atoms with Crippen LogP contribution in [0.25, 0.3) is 0 Å². The number of benzene rings is 2. The van der Waals surface area contributed by atoms with Gasteiger partial charge in [0, 0.05) is 15.7 Å². The van der Waals surface area contributed by atoms with E-state index < -0.39 is 5.82 Å². The molecule has 0 unspecified atom stereocenters. The number of carbonyl (C=O) groups is 1. The molecule has 0 heterocycles. The monoisotopic (exact) mass is 293 g/mol. The molecular formula is C13H9BrFNO. The highest BCUT2D eigenvalue weighted by Crippen LogP contribution is 2.20. The molecule has 0 spiro atoms. The molecule has 0 radical (unpaired) electrons. The van der Waals surface area contributed by atoms with Crippen molar-refractivity contribution in [2.24, 2.45) is 0 Å². The van der Waals surface area contributed by atoms with Gasteiger partial charge in [0.15, 0.2) is 5.78 Å². The van der Waals surface area contributed by atoms with Crippen LogP contribution in [0.1, 0.15) is 15.9 Å².